The monoisotopic (exact) mass is 243 g/mol. The van der Waals surface area contributed by atoms with Gasteiger partial charge in [0.2, 0.25) is 0 Å². The second kappa shape index (κ2) is 6.24. The number of likely N-dealkylation sites (tertiary alicyclic amines) is 1. The number of carbonyl (C=O) groups excluding carboxylic acids is 1. The maximum atomic E-state index is 11.8. The van der Waals surface area contributed by atoms with Crippen molar-refractivity contribution in [2.24, 2.45) is 0 Å². The SMILES string of the molecule is CCCCOC1CCN(C(=O)OC(C)(C)C)C1. The Balaban J connectivity index is 2.27. The first-order valence-electron chi connectivity index (χ1n) is 6.52. The van der Waals surface area contributed by atoms with Crippen molar-refractivity contribution in [3.63, 3.8) is 0 Å². The third-order valence-corrected chi connectivity index (χ3v) is 2.65. The van der Waals surface area contributed by atoms with E-state index in [2.05, 4.69) is 6.92 Å². The Morgan fingerprint density at radius 3 is 2.71 bits per heavy atom. The number of nitrogens with zero attached hydrogens (tertiary/aromatic N) is 1. The molecule has 17 heavy (non-hydrogen) atoms. The van der Waals surface area contributed by atoms with E-state index in [4.69, 9.17) is 9.47 Å². The number of unbranched alkanes of at least 4 members (excludes halogenated alkanes) is 1. The van der Waals surface area contributed by atoms with Crippen LogP contribution in [0.3, 0.4) is 0 Å². The summed E-state index contributed by atoms with van der Waals surface area (Å²) in [5.41, 5.74) is -0.418. The van der Waals surface area contributed by atoms with Crippen molar-refractivity contribution >= 4 is 6.09 Å². The van der Waals surface area contributed by atoms with E-state index in [0.29, 0.717) is 6.54 Å². The van der Waals surface area contributed by atoms with E-state index in [-0.39, 0.29) is 12.2 Å². The minimum absolute atomic E-state index is 0.189. The molecule has 1 heterocycles. The molecule has 1 amide bonds. The third-order valence-electron chi connectivity index (χ3n) is 2.65. The van der Waals surface area contributed by atoms with Crippen LogP contribution in [0, 0.1) is 0 Å². The third kappa shape index (κ3) is 5.39. The molecule has 1 atom stereocenters. The Kier molecular flexibility index (Phi) is 5.25. The summed E-state index contributed by atoms with van der Waals surface area (Å²) < 4.78 is 11.0. The summed E-state index contributed by atoms with van der Waals surface area (Å²) >= 11 is 0. The van der Waals surface area contributed by atoms with Crippen LogP contribution in [0.25, 0.3) is 0 Å². The molecule has 1 rings (SSSR count). The fourth-order valence-corrected chi connectivity index (χ4v) is 1.75. The van der Waals surface area contributed by atoms with Gasteiger partial charge in [-0.05, 0) is 33.6 Å². The topological polar surface area (TPSA) is 38.8 Å². The first-order chi connectivity index (χ1) is 7.92. The van der Waals surface area contributed by atoms with Gasteiger partial charge < -0.3 is 14.4 Å². The highest BCUT2D eigenvalue weighted by Gasteiger charge is 2.29. The summed E-state index contributed by atoms with van der Waals surface area (Å²) in [6, 6.07) is 0. The van der Waals surface area contributed by atoms with Gasteiger partial charge >= 0.3 is 6.09 Å². The average Bonchev–Trinajstić information content (AvgIpc) is 2.64. The molecule has 0 aliphatic carbocycles. The summed E-state index contributed by atoms with van der Waals surface area (Å²) in [7, 11) is 0. The van der Waals surface area contributed by atoms with E-state index < -0.39 is 5.60 Å². The fourth-order valence-electron chi connectivity index (χ4n) is 1.75. The van der Waals surface area contributed by atoms with E-state index in [1.807, 2.05) is 20.8 Å². The summed E-state index contributed by atoms with van der Waals surface area (Å²) in [6.45, 7) is 10.0. The standard InChI is InChI=1S/C13H25NO3/c1-5-6-9-16-11-7-8-14(10-11)12(15)17-13(2,3)4/h11H,5-10H2,1-4H3. The predicted octanol–water partition coefficient (Wildman–Crippen LogP) is 2.81. The molecule has 1 aliphatic heterocycles. The lowest BCUT2D eigenvalue weighted by atomic mass is 10.2. The van der Waals surface area contributed by atoms with E-state index in [0.717, 1.165) is 32.4 Å². The zero-order valence-corrected chi connectivity index (χ0v) is 11.5. The predicted molar refractivity (Wildman–Crippen MR) is 67.1 cm³/mol. The van der Waals surface area contributed by atoms with E-state index in [1.54, 1.807) is 4.90 Å². The maximum Gasteiger partial charge on any atom is 0.410 e. The number of hydrogen-bond donors (Lipinski definition) is 0. The van der Waals surface area contributed by atoms with E-state index in [1.165, 1.54) is 0 Å². The largest absolute Gasteiger partial charge is 0.444 e. The summed E-state index contributed by atoms with van der Waals surface area (Å²) in [5.74, 6) is 0. The number of carbonyl (C=O) groups is 1. The van der Waals surface area contributed by atoms with Crippen molar-refractivity contribution in [3.8, 4) is 0 Å². The molecule has 100 valence electrons. The molecule has 4 heteroatoms. The zero-order chi connectivity index (χ0) is 12.9. The van der Waals surface area contributed by atoms with Crippen molar-refractivity contribution in [3.05, 3.63) is 0 Å². The summed E-state index contributed by atoms with van der Waals surface area (Å²) in [5, 5.41) is 0. The average molecular weight is 243 g/mol. The first-order valence-corrected chi connectivity index (χ1v) is 6.52. The van der Waals surface area contributed by atoms with Crippen LogP contribution in [0.5, 0.6) is 0 Å². The van der Waals surface area contributed by atoms with Crippen molar-refractivity contribution in [2.75, 3.05) is 19.7 Å². The quantitative estimate of drug-likeness (QED) is 0.713. The van der Waals surface area contributed by atoms with Crippen LogP contribution in [-0.4, -0.2) is 42.4 Å². The second-order valence-electron chi connectivity index (χ2n) is 5.56. The van der Waals surface area contributed by atoms with Crippen molar-refractivity contribution in [1.82, 2.24) is 4.90 Å². The first kappa shape index (κ1) is 14.3. The van der Waals surface area contributed by atoms with Gasteiger partial charge in [0.15, 0.2) is 0 Å². The summed E-state index contributed by atoms with van der Waals surface area (Å²) in [6.07, 6.45) is 3.11. The minimum Gasteiger partial charge on any atom is -0.444 e. The lowest BCUT2D eigenvalue weighted by Gasteiger charge is -2.24. The maximum absolute atomic E-state index is 11.8. The minimum atomic E-state index is -0.418. The molecular formula is C13H25NO3. The Labute approximate surface area is 104 Å². The van der Waals surface area contributed by atoms with Crippen molar-refractivity contribution in [2.45, 2.75) is 58.7 Å². The number of rotatable bonds is 4. The lowest BCUT2D eigenvalue weighted by Crippen LogP contribution is -2.36. The van der Waals surface area contributed by atoms with Gasteiger partial charge in [-0.15, -0.1) is 0 Å². The normalized spacial score (nSPS) is 20.7. The highest BCUT2D eigenvalue weighted by molar-refractivity contribution is 5.68. The van der Waals surface area contributed by atoms with Crippen LogP contribution in [0.15, 0.2) is 0 Å². The molecule has 0 aromatic rings. The molecule has 1 fully saturated rings. The molecule has 1 unspecified atom stereocenters. The van der Waals surface area contributed by atoms with Gasteiger partial charge in [-0.3, -0.25) is 0 Å². The molecule has 1 saturated heterocycles. The highest BCUT2D eigenvalue weighted by Crippen LogP contribution is 2.17. The zero-order valence-electron chi connectivity index (χ0n) is 11.5. The Bertz CT molecular complexity index is 248. The van der Waals surface area contributed by atoms with Gasteiger partial charge in [-0.25, -0.2) is 4.79 Å². The lowest BCUT2D eigenvalue weighted by molar-refractivity contribution is 0.0207. The molecule has 4 nitrogen and oxygen atoms in total. The van der Waals surface area contributed by atoms with Crippen LogP contribution in [0.2, 0.25) is 0 Å². The van der Waals surface area contributed by atoms with Crippen LogP contribution in [-0.2, 0) is 9.47 Å². The van der Waals surface area contributed by atoms with Gasteiger partial charge in [0.05, 0.1) is 12.6 Å². The second-order valence-corrected chi connectivity index (χ2v) is 5.56. The van der Waals surface area contributed by atoms with Gasteiger partial charge in [-0.1, -0.05) is 13.3 Å². The van der Waals surface area contributed by atoms with Gasteiger partial charge in [0.25, 0.3) is 0 Å². The van der Waals surface area contributed by atoms with E-state index in [9.17, 15) is 4.79 Å². The van der Waals surface area contributed by atoms with Gasteiger partial charge in [0.1, 0.15) is 5.60 Å². The summed E-state index contributed by atoms with van der Waals surface area (Å²) in [4.78, 5) is 13.5. The molecule has 0 aromatic carbocycles. The van der Waals surface area contributed by atoms with Crippen LogP contribution < -0.4 is 0 Å². The van der Waals surface area contributed by atoms with Crippen LogP contribution in [0.1, 0.15) is 47.0 Å². The number of hydrogen-bond acceptors (Lipinski definition) is 3. The van der Waals surface area contributed by atoms with Gasteiger partial charge in [-0.2, -0.15) is 0 Å². The molecule has 1 aliphatic rings. The Hall–Kier alpha value is -0.770. The molecule has 0 spiro atoms. The smallest absolute Gasteiger partial charge is 0.410 e. The molecule has 0 bridgehead atoms. The number of ether oxygens (including phenoxy) is 2. The molecule has 0 aromatic heterocycles. The molecule has 0 radical (unpaired) electrons. The fraction of sp³-hybridized carbons (Fsp3) is 0.923. The highest BCUT2D eigenvalue weighted by atomic mass is 16.6. The Morgan fingerprint density at radius 1 is 1.41 bits per heavy atom. The van der Waals surface area contributed by atoms with Crippen molar-refractivity contribution < 1.29 is 14.3 Å². The van der Waals surface area contributed by atoms with Crippen LogP contribution >= 0.6 is 0 Å². The van der Waals surface area contributed by atoms with Gasteiger partial charge in [0, 0.05) is 13.2 Å². The molecule has 0 saturated carbocycles. The molecule has 0 N–H and O–H groups in total. The Morgan fingerprint density at radius 2 is 2.12 bits per heavy atom. The number of amides is 1. The van der Waals surface area contributed by atoms with Crippen molar-refractivity contribution in [1.29, 1.82) is 0 Å². The van der Waals surface area contributed by atoms with E-state index >= 15 is 0 Å². The van der Waals surface area contributed by atoms with Crippen LogP contribution in [0.4, 0.5) is 4.79 Å². The molecular weight excluding hydrogens is 218 g/mol.